The first kappa shape index (κ1) is 22.2. The van der Waals surface area contributed by atoms with E-state index in [4.69, 9.17) is 11.6 Å². The zero-order valence-electron chi connectivity index (χ0n) is 16.5. The number of rotatable bonds is 7. The number of amides is 1. The molecular weight excluding hydrogens is 440 g/mol. The summed E-state index contributed by atoms with van der Waals surface area (Å²) in [7, 11) is -3.69. The molecular formula is C22H21ClN2O3S2. The van der Waals surface area contributed by atoms with Gasteiger partial charge in [-0.15, -0.1) is 0 Å². The number of aryl methyl sites for hydroxylation is 1. The number of para-hydroxylation sites is 1. The fourth-order valence-electron chi connectivity index (χ4n) is 2.83. The van der Waals surface area contributed by atoms with E-state index in [-0.39, 0.29) is 6.54 Å². The topological polar surface area (TPSA) is 66.5 Å². The SMILES string of the molecule is Cc1ccc(Cl)cc1N(CC(=O)Nc1ccccc1Sc1ccccc1)S(C)(=O)=O. The average molecular weight is 461 g/mol. The fourth-order valence-corrected chi connectivity index (χ4v) is 4.82. The summed E-state index contributed by atoms with van der Waals surface area (Å²) in [4.78, 5) is 14.7. The van der Waals surface area contributed by atoms with Crippen molar-refractivity contribution in [1.29, 1.82) is 0 Å². The van der Waals surface area contributed by atoms with Gasteiger partial charge >= 0.3 is 0 Å². The number of carbonyl (C=O) groups excluding carboxylic acids is 1. The molecule has 0 saturated heterocycles. The third kappa shape index (κ3) is 5.78. The summed E-state index contributed by atoms with van der Waals surface area (Å²) in [5.41, 5.74) is 1.71. The minimum Gasteiger partial charge on any atom is -0.323 e. The molecule has 0 radical (unpaired) electrons. The van der Waals surface area contributed by atoms with Crippen molar-refractivity contribution in [2.24, 2.45) is 0 Å². The van der Waals surface area contributed by atoms with Gasteiger partial charge in [0, 0.05) is 14.8 Å². The molecule has 0 saturated carbocycles. The summed E-state index contributed by atoms with van der Waals surface area (Å²) < 4.78 is 25.8. The van der Waals surface area contributed by atoms with E-state index in [1.165, 1.54) is 11.8 Å². The van der Waals surface area contributed by atoms with Gasteiger partial charge in [-0.1, -0.05) is 59.8 Å². The van der Waals surface area contributed by atoms with Gasteiger partial charge in [0.1, 0.15) is 6.54 Å². The van der Waals surface area contributed by atoms with Crippen molar-refractivity contribution >= 4 is 50.7 Å². The number of hydrogen-bond acceptors (Lipinski definition) is 4. The smallest absolute Gasteiger partial charge is 0.245 e. The van der Waals surface area contributed by atoms with Gasteiger partial charge < -0.3 is 5.32 Å². The second-order valence-electron chi connectivity index (χ2n) is 6.66. The minimum atomic E-state index is -3.69. The van der Waals surface area contributed by atoms with Crippen molar-refractivity contribution in [1.82, 2.24) is 0 Å². The molecule has 0 fully saturated rings. The number of hydrogen-bond donors (Lipinski definition) is 1. The first-order chi connectivity index (χ1) is 14.2. The second-order valence-corrected chi connectivity index (χ2v) is 10.1. The van der Waals surface area contributed by atoms with Gasteiger partial charge in [0.05, 0.1) is 17.6 Å². The third-order valence-electron chi connectivity index (χ3n) is 4.26. The molecule has 0 atom stereocenters. The average Bonchev–Trinajstić information content (AvgIpc) is 2.70. The van der Waals surface area contributed by atoms with E-state index in [1.54, 1.807) is 31.2 Å². The van der Waals surface area contributed by atoms with Crippen LogP contribution in [0.4, 0.5) is 11.4 Å². The van der Waals surface area contributed by atoms with Gasteiger partial charge in [-0.25, -0.2) is 8.42 Å². The van der Waals surface area contributed by atoms with Crippen LogP contribution in [0.25, 0.3) is 0 Å². The molecule has 3 aromatic carbocycles. The number of carbonyl (C=O) groups is 1. The summed E-state index contributed by atoms with van der Waals surface area (Å²) >= 11 is 7.57. The Kier molecular flexibility index (Phi) is 7.07. The maximum absolute atomic E-state index is 12.8. The lowest BCUT2D eigenvalue weighted by molar-refractivity contribution is -0.114. The van der Waals surface area contributed by atoms with Gasteiger partial charge in [-0.3, -0.25) is 9.10 Å². The molecule has 0 aliphatic heterocycles. The van der Waals surface area contributed by atoms with E-state index in [0.717, 1.165) is 20.4 Å². The molecule has 3 rings (SSSR count). The van der Waals surface area contributed by atoms with Crippen molar-refractivity contribution in [2.75, 3.05) is 22.4 Å². The third-order valence-corrected chi connectivity index (χ3v) is 6.70. The normalized spacial score (nSPS) is 11.2. The number of nitrogens with zero attached hydrogens (tertiary/aromatic N) is 1. The zero-order valence-corrected chi connectivity index (χ0v) is 18.9. The molecule has 0 unspecified atom stereocenters. The van der Waals surface area contributed by atoms with Crippen LogP contribution in [0.1, 0.15) is 5.56 Å². The van der Waals surface area contributed by atoms with E-state index >= 15 is 0 Å². The van der Waals surface area contributed by atoms with E-state index in [1.807, 2.05) is 48.5 Å². The van der Waals surface area contributed by atoms with Crippen LogP contribution < -0.4 is 9.62 Å². The van der Waals surface area contributed by atoms with Crippen LogP contribution in [0.15, 0.2) is 82.6 Å². The highest BCUT2D eigenvalue weighted by Gasteiger charge is 2.23. The molecule has 1 amide bonds. The maximum Gasteiger partial charge on any atom is 0.245 e. The monoisotopic (exact) mass is 460 g/mol. The lowest BCUT2D eigenvalue weighted by Crippen LogP contribution is -2.38. The van der Waals surface area contributed by atoms with Crippen LogP contribution in [0.2, 0.25) is 5.02 Å². The van der Waals surface area contributed by atoms with Crippen LogP contribution in [0.5, 0.6) is 0 Å². The van der Waals surface area contributed by atoms with E-state index in [0.29, 0.717) is 22.0 Å². The molecule has 0 aromatic heterocycles. The Morgan fingerprint density at radius 3 is 2.40 bits per heavy atom. The molecule has 8 heteroatoms. The van der Waals surface area contributed by atoms with Crippen LogP contribution >= 0.6 is 23.4 Å². The summed E-state index contributed by atoms with van der Waals surface area (Å²) in [6, 6.07) is 22.1. The molecule has 0 aliphatic carbocycles. The lowest BCUT2D eigenvalue weighted by Gasteiger charge is -2.24. The van der Waals surface area contributed by atoms with Crippen molar-refractivity contribution in [3.05, 3.63) is 83.4 Å². The predicted octanol–water partition coefficient (Wildman–Crippen LogP) is 5.20. The Bertz CT molecular complexity index is 1150. The molecule has 5 nitrogen and oxygen atoms in total. The highest BCUT2D eigenvalue weighted by atomic mass is 35.5. The van der Waals surface area contributed by atoms with Crippen LogP contribution in [-0.4, -0.2) is 27.1 Å². The van der Waals surface area contributed by atoms with Crippen LogP contribution in [0.3, 0.4) is 0 Å². The van der Waals surface area contributed by atoms with Gasteiger partial charge in [0.2, 0.25) is 15.9 Å². The van der Waals surface area contributed by atoms with Crippen molar-refractivity contribution in [2.45, 2.75) is 16.7 Å². The van der Waals surface area contributed by atoms with E-state index in [9.17, 15) is 13.2 Å². The zero-order chi connectivity index (χ0) is 21.7. The first-order valence-electron chi connectivity index (χ1n) is 9.09. The van der Waals surface area contributed by atoms with Gasteiger partial charge in [0.15, 0.2) is 0 Å². The van der Waals surface area contributed by atoms with Crippen LogP contribution in [-0.2, 0) is 14.8 Å². The predicted molar refractivity (Wildman–Crippen MR) is 124 cm³/mol. The number of sulfonamides is 1. The summed E-state index contributed by atoms with van der Waals surface area (Å²) in [6.45, 7) is 1.41. The molecule has 0 spiro atoms. The Labute approximate surface area is 186 Å². The van der Waals surface area contributed by atoms with Crippen molar-refractivity contribution < 1.29 is 13.2 Å². The molecule has 0 heterocycles. The largest absolute Gasteiger partial charge is 0.323 e. The molecule has 156 valence electrons. The highest BCUT2D eigenvalue weighted by molar-refractivity contribution is 7.99. The molecule has 30 heavy (non-hydrogen) atoms. The first-order valence-corrected chi connectivity index (χ1v) is 12.1. The van der Waals surface area contributed by atoms with E-state index in [2.05, 4.69) is 5.32 Å². The molecule has 3 aromatic rings. The minimum absolute atomic E-state index is 0.357. The standard InChI is InChI=1S/C22H21ClN2O3S2/c1-16-12-13-17(23)14-20(16)25(30(2,27)28)15-22(26)24-19-10-6-7-11-21(19)29-18-8-4-3-5-9-18/h3-14H,15H2,1-2H3,(H,24,26). The second kappa shape index (κ2) is 9.55. The maximum atomic E-state index is 12.8. The Morgan fingerprint density at radius 1 is 1.03 bits per heavy atom. The summed E-state index contributed by atoms with van der Waals surface area (Å²) in [5, 5.41) is 3.24. The number of anilines is 2. The lowest BCUT2D eigenvalue weighted by atomic mass is 10.2. The summed E-state index contributed by atoms with van der Waals surface area (Å²) in [6.07, 6.45) is 1.07. The number of benzene rings is 3. The van der Waals surface area contributed by atoms with Crippen LogP contribution in [0, 0.1) is 6.92 Å². The molecule has 0 aliphatic rings. The van der Waals surface area contributed by atoms with Crippen molar-refractivity contribution in [3.8, 4) is 0 Å². The van der Waals surface area contributed by atoms with Gasteiger partial charge in [-0.2, -0.15) is 0 Å². The summed E-state index contributed by atoms with van der Waals surface area (Å²) in [5.74, 6) is -0.444. The number of halogens is 1. The molecule has 0 bridgehead atoms. The number of nitrogens with one attached hydrogen (secondary N) is 1. The van der Waals surface area contributed by atoms with E-state index < -0.39 is 15.9 Å². The Hall–Kier alpha value is -2.48. The molecule has 1 N–H and O–H groups in total. The fraction of sp³-hybridized carbons (Fsp3) is 0.136. The highest BCUT2D eigenvalue weighted by Crippen LogP contribution is 2.33. The van der Waals surface area contributed by atoms with Crippen molar-refractivity contribution in [3.63, 3.8) is 0 Å². The van der Waals surface area contributed by atoms with Gasteiger partial charge in [0.25, 0.3) is 0 Å². The quantitative estimate of drug-likeness (QED) is 0.526. The Balaban J connectivity index is 1.82. The Morgan fingerprint density at radius 2 is 1.70 bits per heavy atom. The van der Waals surface area contributed by atoms with Gasteiger partial charge in [-0.05, 0) is 48.9 Å².